The Morgan fingerprint density at radius 1 is 0.867 bits per heavy atom. The van der Waals surface area contributed by atoms with Crippen LogP contribution in [0.2, 0.25) is 0 Å². The van der Waals surface area contributed by atoms with Gasteiger partial charge in [0.25, 0.3) is 0 Å². The van der Waals surface area contributed by atoms with Crippen molar-refractivity contribution in [3.05, 3.63) is 0 Å². The lowest BCUT2D eigenvalue weighted by atomic mass is 9.85. The molecule has 0 unspecified atom stereocenters. The fourth-order valence-corrected chi connectivity index (χ4v) is 1.54. The van der Waals surface area contributed by atoms with Crippen molar-refractivity contribution in [1.82, 2.24) is 0 Å². The van der Waals surface area contributed by atoms with E-state index >= 15 is 0 Å². The minimum Gasteiger partial charge on any atom is -0.387 e. The standard InChI is InChI=1S/C9H14O6/c1-2-3-15-9-7(13)5(11)4(10)6(12)8(9)14/h1,4-14H,3H2/t4-,5-,6+,7+,8-,9+. The summed E-state index contributed by atoms with van der Waals surface area (Å²) in [5, 5.41) is 46.7. The van der Waals surface area contributed by atoms with Crippen LogP contribution in [0.1, 0.15) is 0 Å². The summed E-state index contributed by atoms with van der Waals surface area (Å²) in [5.41, 5.74) is 0. The topological polar surface area (TPSA) is 110 Å². The zero-order valence-corrected chi connectivity index (χ0v) is 7.89. The van der Waals surface area contributed by atoms with Crippen molar-refractivity contribution in [2.45, 2.75) is 36.6 Å². The van der Waals surface area contributed by atoms with E-state index in [2.05, 4.69) is 5.92 Å². The number of ether oxygens (including phenoxy) is 1. The first-order valence-corrected chi connectivity index (χ1v) is 4.46. The summed E-state index contributed by atoms with van der Waals surface area (Å²) in [5.74, 6) is 2.13. The van der Waals surface area contributed by atoms with E-state index in [0.29, 0.717) is 0 Å². The lowest BCUT2D eigenvalue weighted by Gasteiger charge is -2.41. The van der Waals surface area contributed by atoms with E-state index < -0.39 is 36.6 Å². The Labute approximate surface area is 86.7 Å². The Bertz CT molecular complexity index is 233. The van der Waals surface area contributed by atoms with E-state index in [9.17, 15) is 25.5 Å². The van der Waals surface area contributed by atoms with Gasteiger partial charge in [-0.3, -0.25) is 0 Å². The van der Waals surface area contributed by atoms with Crippen molar-refractivity contribution in [1.29, 1.82) is 0 Å². The maximum Gasteiger partial charge on any atom is 0.116 e. The highest BCUT2D eigenvalue weighted by Crippen LogP contribution is 2.23. The van der Waals surface area contributed by atoms with Crippen LogP contribution in [0.3, 0.4) is 0 Å². The van der Waals surface area contributed by atoms with Crippen molar-refractivity contribution >= 4 is 0 Å². The Hall–Kier alpha value is -0.680. The average Bonchev–Trinajstić information content (AvgIpc) is 2.24. The molecular formula is C9H14O6. The summed E-state index contributed by atoms with van der Waals surface area (Å²) >= 11 is 0. The highest BCUT2D eigenvalue weighted by atomic mass is 16.5. The molecule has 0 spiro atoms. The van der Waals surface area contributed by atoms with Gasteiger partial charge in [0.05, 0.1) is 0 Å². The first kappa shape index (κ1) is 12.4. The Morgan fingerprint density at radius 3 is 1.67 bits per heavy atom. The first-order valence-electron chi connectivity index (χ1n) is 4.46. The van der Waals surface area contributed by atoms with Gasteiger partial charge in [-0.25, -0.2) is 0 Å². The molecule has 1 aliphatic rings. The molecule has 1 aliphatic carbocycles. The summed E-state index contributed by atoms with van der Waals surface area (Å²) in [6.07, 6.45) is -4.05. The molecule has 0 saturated heterocycles. The van der Waals surface area contributed by atoms with Gasteiger partial charge in [-0.15, -0.1) is 6.42 Å². The molecule has 0 aromatic rings. The summed E-state index contributed by atoms with van der Waals surface area (Å²) in [6, 6.07) is 0. The molecule has 5 N–H and O–H groups in total. The molecule has 0 bridgehead atoms. The van der Waals surface area contributed by atoms with Gasteiger partial charge in [0.15, 0.2) is 0 Å². The predicted molar refractivity (Wildman–Crippen MR) is 48.6 cm³/mol. The molecule has 0 aromatic heterocycles. The summed E-state index contributed by atoms with van der Waals surface area (Å²) in [7, 11) is 0. The molecule has 1 rings (SSSR count). The minimum atomic E-state index is -1.61. The van der Waals surface area contributed by atoms with Crippen LogP contribution in [0.25, 0.3) is 0 Å². The number of hydrogen-bond donors (Lipinski definition) is 5. The SMILES string of the molecule is C#CCO[C@@H]1[C@H](O)[C@@H](O)[C@H](O)[C@@H](O)[C@@H]1O. The van der Waals surface area contributed by atoms with Gasteiger partial charge >= 0.3 is 0 Å². The quantitative estimate of drug-likeness (QED) is 0.313. The summed E-state index contributed by atoms with van der Waals surface area (Å²) in [6.45, 7) is -0.172. The Kier molecular flexibility index (Phi) is 4.04. The van der Waals surface area contributed by atoms with Crippen molar-refractivity contribution in [2.24, 2.45) is 0 Å². The van der Waals surface area contributed by atoms with Crippen LogP contribution < -0.4 is 0 Å². The van der Waals surface area contributed by atoms with Crippen molar-refractivity contribution in [3.63, 3.8) is 0 Å². The zero-order chi connectivity index (χ0) is 11.6. The molecule has 0 radical (unpaired) electrons. The maximum absolute atomic E-state index is 9.45. The molecule has 6 atom stereocenters. The van der Waals surface area contributed by atoms with Crippen LogP contribution >= 0.6 is 0 Å². The third-order valence-electron chi connectivity index (χ3n) is 2.43. The number of aliphatic hydroxyl groups is 5. The third kappa shape index (κ3) is 2.29. The van der Waals surface area contributed by atoms with Crippen LogP contribution in [-0.2, 0) is 4.74 Å². The van der Waals surface area contributed by atoms with Crippen LogP contribution in [-0.4, -0.2) is 68.8 Å². The fourth-order valence-electron chi connectivity index (χ4n) is 1.54. The lowest BCUT2D eigenvalue weighted by molar-refractivity contribution is -0.232. The summed E-state index contributed by atoms with van der Waals surface area (Å²) in [4.78, 5) is 0. The lowest BCUT2D eigenvalue weighted by Crippen LogP contribution is -2.64. The molecule has 1 saturated carbocycles. The second-order valence-electron chi connectivity index (χ2n) is 3.43. The first-order chi connectivity index (χ1) is 7.00. The van der Waals surface area contributed by atoms with Gasteiger partial charge < -0.3 is 30.3 Å². The Morgan fingerprint density at radius 2 is 1.27 bits per heavy atom. The minimum absolute atomic E-state index is 0.172. The molecule has 0 amide bonds. The largest absolute Gasteiger partial charge is 0.387 e. The number of aliphatic hydroxyl groups excluding tert-OH is 5. The van der Waals surface area contributed by atoms with Crippen molar-refractivity contribution < 1.29 is 30.3 Å². The predicted octanol–water partition coefficient (Wildman–Crippen LogP) is -3.18. The molecule has 6 nitrogen and oxygen atoms in total. The fraction of sp³-hybridized carbons (Fsp3) is 0.778. The second-order valence-corrected chi connectivity index (χ2v) is 3.43. The molecule has 0 aliphatic heterocycles. The normalized spacial score (nSPS) is 46.1. The van der Waals surface area contributed by atoms with Crippen molar-refractivity contribution in [2.75, 3.05) is 6.61 Å². The molecule has 1 fully saturated rings. The monoisotopic (exact) mass is 218 g/mol. The molecule has 0 aromatic carbocycles. The van der Waals surface area contributed by atoms with Gasteiger partial charge in [0, 0.05) is 0 Å². The van der Waals surface area contributed by atoms with Gasteiger partial charge in [-0.1, -0.05) is 5.92 Å². The van der Waals surface area contributed by atoms with Crippen LogP contribution in [0.4, 0.5) is 0 Å². The van der Waals surface area contributed by atoms with Gasteiger partial charge in [-0.2, -0.15) is 0 Å². The van der Waals surface area contributed by atoms with E-state index in [-0.39, 0.29) is 6.61 Å². The van der Waals surface area contributed by atoms with Gasteiger partial charge in [0.1, 0.15) is 43.2 Å². The molecule has 0 heterocycles. The number of hydrogen-bond acceptors (Lipinski definition) is 6. The Balaban J connectivity index is 2.73. The smallest absolute Gasteiger partial charge is 0.116 e. The zero-order valence-electron chi connectivity index (χ0n) is 7.89. The highest BCUT2D eigenvalue weighted by Gasteiger charge is 2.48. The maximum atomic E-state index is 9.45. The number of terminal acetylenes is 1. The highest BCUT2D eigenvalue weighted by molar-refractivity contribution is 5.00. The molecule has 15 heavy (non-hydrogen) atoms. The van der Waals surface area contributed by atoms with E-state index in [0.717, 1.165) is 0 Å². The molecule has 6 heteroatoms. The molecule has 86 valence electrons. The van der Waals surface area contributed by atoms with Crippen LogP contribution in [0.15, 0.2) is 0 Å². The van der Waals surface area contributed by atoms with Gasteiger partial charge in [-0.05, 0) is 0 Å². The van der Waals surface area contributed by atoms with Crippen LogP contribution in [0, 0.1) is 12.3 Å². The second kappa shape index (κ2) is 4.90. The number of rotatable bonds is 2. The van der Waals surface area contributed by atoms with E-state index in [1.165, 1.54) is 0 Å². The van der Waals surface area contributed by atoms with E-state index in [1.807, 2.05) is 0 Å². The van der Waals surface area contributed by atoms with Crippen molar-refractivity contribution in [3.8, 4) is 12.3 Å². The summed E-state index contributed by atoms with van der Waals surface area (Å²) < 4.78 is 4.88. The van der Waals surface area contributed by atoms with Gasteiger partial charge in [0.2, 0.25) is 0 Å². The third-order valence-corrected chi connectivity index (χ3v) is 2.43. The van der Waals surface area contributed by atoms with E-state index in [4.69, 9.17) is 11.2 Å². The molecular weight excluding hydrogens is 204 g/mol. The van der Waals surface area contributed by atoms with E-state index in [1.54, 1.807) is 0 Å². The average molecular weight is 218 g/mol. The van der Waals surface area contributed by atoms with Crippen LogP contribution in [0.5, 0.6) is 0 Å².